The number of ketones is 1. The summed E-state index contributed by atoms with van der Waals surface area (Å²) in [6, 6.07) is 12.2. The van der Waals surface area contributed by atoms with Gasteiger partial charge in [-0.05, 0) is 73.2 Å². The van der Waals surface area contributed by atoms with Gasteiger partial charge in [-0.2, -0.15) is 0 Å². The van der Waals surface area contributed by atoms with Gasteiger partial charge in [0.1, 0.15) is 0 Å². The number of pyridine rings is 1. The smallest absolute Gasteiger partial charge is 0.168 e. The SMILES string of the molecule is Cc1cc(CC(=O)c2ccn(-c3ccc(Cl)cc3)c2)cnc1C1=CCC(N2CCOCC2)CC1. The Balaban J connectivity index is 1.23. The van der Waals surface area contributed by atoms with Gasteiger partial charge in [0.15, 0.2) is 5.78 Å². The number of aromatic nitrogens is 2. The first-order valence-corrected chi connectivity index (χ1v) is 12.4. The van der Waals surface area contributed by atoms with Crippen LogP contribution in [0.15, 0.2) is 61.1 Å². The third-order valence-corrected chi connectivity index (χ3v) is 7.14. The van der Waals surface area contributed by atoms with Crippen molar-refractivity contribution >= 4 is 23.0 Å². The summed E-state index contributed by atoms with van der Waals surface area (Å²) in [4.78, 5) is 20.2. The van der Waals surface area contributed by atoms with Gasteiger partial charge in [0, 0.05) is 60.4 Å². The van der Waals surface area contributed by atoms with E-state index in [9.17, 15) is 4.79 Å². The van der Waals surface area contributed by atoms with Gasteiger partial charge in [-0.3, -0.25) is 14.7 Å². The number of morpholine rings is 1. The van der Waals surface area contributed by atoms with Crippen molar-refractivity contribution in [2.24, 2.45) is 0 Å². The molecule has 3 aromatic rings. The number of allylic oxidation sites excluding steroid dienone is 1. The highest BCUT2D eigenvalue weighted by Gasteiger charge is 2.24. The molecular formula is C28H30ClN3O2. The Hall–Kier alpha value is -2.73. The van der Waals surface area contributed by atoms with E-state index in [4.69, 9.17) is 21.3 Å². The number of halogens is 1. The van der Waals surface area contributed by atoms with E-state index in [0.717, 1.165) is 68.1 Å². The summed E-state index contributed by atoms with van der Waals surface area (Å²) in [5.41, 5.74) is 6.17. The molecule has 1 aromatic carbocycles. The number of Topliss-reactive ketones (excluding diaryl/α,β-unsaturated/α-hetero) is 1. The van der Waals surface area contributed by atoms with Crippen LogP contribution in [0.2, 0.25) is 5.02 Å². The van der Waals surface area contributed by atoms with E-state index < -0.39 is 0 Å². The van der Waals surface area contributed by atoms with Gasteiger partial charge < -0.3 is 9.30 Å². The van der Waals surface area contributed by atoms with Crippen LogP contribution in [-0.4, -0.2) is 52.6 Å². The van der Waals surface area contributed by atoms with Crippen LogP contribution in [0.25, 0.3) is 11.3 Å². The van der Waals surface area contributed by atoms with Gasteiger partial charge >= 0.3 is 0 Å². The average Bonchev–Trinajstić information content (AvgIpc) is 3.36. The van der Waals surface area contributed by atoms with Crippen molar-refractivity contribution in [2.75, 3.05) is 26.3 Å². The third kappa shape index (κ3) is 5.17. The predicted octanol–water partition coefficient (Wildman–Crippen LogP) is 5.53. The summed E-state index contributed by atoms with van der Waals surface area (Å²) >= 11 is 5.98. The molecule has 0 bridgehead atoms. The van der Waals surface area contributed by atoms with Gasteiger partial charge in [-0.15, -0.1) is 0 Å². The van der Waals surface area contributed by atoms with Crippen LogP contribution in [-0.2, 0) is 11.2 Å². The van der Waals surface area contributed by atoms with Crippen molar-refractivity contribution in [3.05, 3.63) is 88.5 Å². The van der Waals surface area contributed by atoms with Crippen LogP contribution in [0, 0.1) is 6.92 Å². The fourth-order valence-electron chi connectivity index (χ4n) is 5.00. The lowest BCUT2D eigenvalue weighted by Gasteiger charge is -2.36. The lowest BCUT2D eigenvalue weighted by molar-refractivity contribution is 0.0150. The monoisotopic (exact) mass is 475 g/mol. The molecule has 34 heavy (non-hydrogen) atoms. The van der Waals surface area contributed by atoms with Gasteiger partial charge in [0.05, 0.1) is 18.9 Å². The minimum Gasteiger partial charge on any atom is -0.379 e. The fraction of sp³-hybridized carbons (Fsp3) is 0.357. The molecule has 2 aromatic heterocycles. The van der Waals surface area contributed by atoms with E-state index in [-0.39, 0.29) is 5.78 Å². The Labute approximate surface area is 206 Å². The fourth-order valence-corrected chi connectivity index (χ4v) is 5.12. The minimum atomic E-state index is 0.0897. The Morgan fingerprint density at radius 3 is 2.68 bits per heavy atom. The number of carbonyl (C=O) groups is 1. The summed E-state index contributed by atoms with van der Waals surface area (Å²) in [6.07, 6.45) is 11.6. The Morgan fingerprint density at radius 2 is 1.97 bits per heavy atom. The molecule has 0 N–H and O–H groups in total. The van der Waals surface area contributed by atoms with Crippen LogP contribution in [0.4, 0.5) is 0 Å². The van der Waals surface area contributed by atoms with Crippen molar-refractivity contribution in [3.63, 3.8) is 0 Å². The standard InChI is InChI=1S/C28H30ClN3O2/c1-20-16-21(17-27(33)23-10-11-32(19-23)26-8-4-24(29)5-9-26)18-30-28(20)22-2-6-25(7-3-22)31-12-14-34-15-13-31/h2,4-5,8-11,16,18-19,25H,3,6-7,12-15,17H2,1H3. The maximum Gasteiger partial charge on any atom is 0.168 e. The largest absolute Gasteiger partial charge is 0.379 e. The Bertz CT molecular complexity index is 1190. The molecule has 0 amide bonds. The number of benzene rings is 1. The van der Waals surface area contributed by atoms with E-state index >= 15 is 0 Å². The third-order valence-electron chi connectivity index (χ3n) is 6.89. The molecule has 5 rings (SSSR count). The molecule has 2 aliphatic rings. The first kappa shape index (κ1) is 23.0. The van der Waals surface area contributed by atoms with Gasteiger partial charge in [-0.25, -0.2) is 0 Å². The number of nitrogens with zero attached hydrogens (tertiary/aromatic N) is 3. The van der Waals surface area contributed by atoms with Crippen LogP contribution < -0.4 is 0 Å². The average molecular weight is 476 g/mol. The van der Waals surface area contributed by atoms with E-state index in [1.807, 2.05) is 53.5 Å². The zero-order valence-corrected chi connectivity index (χ0v) is 20.3. The summed E-state index contributed by atoms with van der Waals surface area (Å²) in [5, 5.41) is 0.694. The minimum absolute atomic E-state index is 0.0897. The van der Waals surface area contributed by atoms with Crippen molar-refractivity contribution in [1.29, 1.82) is 0 Å². The molecule has 1 aliphatic carbocycles. The number of carbonyl (C=O) groups excluding carboxylic acids is 1. The molecule has 1 unspecified atom stereocenters. The van der Waals surface area contributed by atoms with Crippen molar-refractivity contribution < 1.29 is 9.53 Å². The normalized spacial score (nSPS) is 19.1. The predicted molar refractivity (Wildman–Crippen MR) is 136 cm³/mol. The molecule has 6 heteroatoms. The van der Waals surface area contributed by atoms with Crippen LogP contribution in [0.5, 0.6) is 0 Å². The van der Waals surface area contributed by atoms with Crippen molar-refractivity contribution in [3.8, 4) is 5.69 Å². The quantitative estimate of drug-likeness (QED) is 0.440. The Morgan fingerprint density at radius 1 is 1.18 bits per heavy atom. The molecule has 1 aliphatic heterocycles. The van der Waals surface area contributed by atoms with E-state index in [1.165, 1.54) is 5.57 Å². The van der Waals surface area contributed by atoms with Crippen molar-refractivity contribution in [1.82, 2.24) is 14.5 Å². The van der Waals surface area contributed by atoms with Crippen molar-refractivity contribution in [2.45, 2.75) is 38.6 Å². The molecule has 1 saturated heterocycles. The van der Waals surface area contributed by atoms with Gasteiger partial charge in [0.2, 0.25) is 0 Å². The van der Waals surface area contributed by atoms with Gasteiger partial charge in [-0.1, -0.05) is 23.7 Å². The molecule has 1 fully saturated rings. The molecule has 0 radical (unpaired) electrons. The highest BCUT2D eigenvalue weighted by atomic mass is 35.5. The molecular weight excluding hydrogens is 446 g/mol. The second kappa shape index (κ2) is 10.3. The van der Waals surface area contributed by atoms with E-state index in [1.54, 1.807) is 0 Å². The lowest BCUT2D eigenvalue weighted by atomic mass is 9.90. The molecule has 5 nitrogen and oxygen atoms in total. The zero-order valence-electron chi connectivity index (χ0n) is 19.5. The highest BCUT2D eigenvalue weighted by molar-refractivity contribution is 6.30. The summed E-state index contributed by atoms with van der Waals surface area (Å²) in [7, 11) is 0. The zero-order chi connectivity index (χ0) is 23.5. The molecule has 0 spiro atoms. The molecule has 3 heterocycles. The van der Waals surface area contributed by atoms with Crippen LogP contribution in [0.3, 0.4) is 0 Å². The van der Waals surface area contributed by atoms with Crippen LogP contribution in [0.1, 0.15) is 46.4 Å². The number of rotatable bonds is 6. The van der Waals surface area contributed by atoms with Gasteiger partial charge in [0.25, 0.3) is 0 Å². The van der Waals surface area contributed by atoms with E-state index in [0.29, 0.717) is 23.0 Å². The topological polar surface area (TPSA) is 47.4 Å². The lowest BCUT2D eigenvalue weighted by Crippen LogP contribution is -2.43. The van der Waals surface area contributed by atoms with E-state index in [2.05, 4.69) is 24.0 Å². The first-order valence-electron chi connectivity index (χ1n) is 12.0. The first-order chi connectivity index (χ1) is 16.6. The summed E-state index contributed by atoms with van der Waals surface area (Å²) in [6.45, 7) is 5.87. The highest BCUT2D eigenvalue weighted by Crippen LogP contribution is 2.30. The summed E-state index contributed by atoms with van der Waals surface area (Å²) < 4.78 is 7.43. The second-order valence-corrected chi connectivity index (χ2v) is 9.64. The number of hydrogen-bond donors (Lipinski definition) is 0. The molecule has 1 atom stereocenters. The molecule has 0 saturated carbocycles. The Kier molecular flexibility index (Phi) is 6.95. The maximum atomic E-state index is 12.9. The number of aryl methyl sites for hydroxylation is 1. The van der Waals surface area contributed by atoms with Crippen LogP contribution >= 0.6 is 11.6 Å². The number of ether oxygens (including phenoxy) is 1. The second-order valence-electron chi connectivity index (χ2n) is 9.20. The summed E-state index contributed by atoms with van der Waals surface area (Å²) in [5.74, 6) is 0.0897. The maximum absolute atomic E-state index is 12.9. The molecule has 176 valence electrons. The number of hydrogen-bond acceptors (Lipinski definition) is 4.